The standard InChI is InChI=1S/C13H22N2S/c1-4-5-12-8-13(10-14-9-12)16-7-6-15-11(2)3/h8-11,15H,4-7H2,1-3H3. The van der Waals surface area contributed by atoms with Gasteiger partial charge in [-0.1, -0.05) is 27.2 Å². The molecule has 0 saturated heterocycles. The molecular weight excluding hydrogens is 216 g/mol. The maximum Gasteiger partial charge on any atom is 0.0404 e. The smallest absolute Gasteiger partial charge is 0.0404 e. The first-order valence-electron chi connectivity index (χ1n) is 6.02. The van der Waals surface area contributed by atoms with Crippen molar-refractivity contribution in [1.29, 1.82) is 0 Å². The summed E-state index contributed by atoms with van der Waals surface area (Å²) in [4.78, 5) is 5.56. The SMILES string of the molecule is CCCc1cncc(SCCNC(C)C)c1. The predicted octanol–water partition coefficient (Wildman–Crippen LogP) is 3.12. The van der Waals surface area contributed by atoms with E-state index in [2.05, 4.69) is 37.1 Å². The second-order valence-electron chi connectivity index (χ2n) is 4.24. The first-order valence-corrected chi connectivity index (χ1v) is 7.01. The molecule has 3 heteroatoms. The van der Waals surface area contributed by atoms with Crippen molar-refractivity contribution in [3.63, 3.8) is 0 Å². The van der Waals surface area contributed by atoms with Gasteiger partial charge < -0.3 is 5.32 Å². The molecule has 0 atom stereocenters. The molecule has 1 aromatic heterocycles. The van der Waals surface area contributed by atoms with Crippen LogP contribution in [0.5, 0.6) is 0 Å². The lowest BCUT2D eigenvalue weighted by Gasteiger charge is -2.07. The number of nitrogens with zero attached hydrogens (tertiary/aromatic N) is 1. The van der Waals surface area contributed by atoms with Crippen LogP contribution < -0.4 is 5.32 Å². The normalized spacial score (nSPS) is 11.0. The summed E-state index contributed by atoms with van der Waals surface area (Å²) >= 11 is 1.88. The first-order chi connectivity index (χ1) is 7.72. The van der Waals surface area contributed by atoms with Gasteiger partial charge in [-0.15, -0.1) is 11.8 Å². The summed E-state index contributed by atoms with van der Waals surface area (Å²) in [7, 11) is 0. The van der Waals surface area contributed by atoms with Gasteiger partial charge in [0.25, 0.3) is 0 Å². The maximum atomic E-state index is 4.28. The van der Waals surface area contributed by atoms with E-state index in [1.807, 2.05) is 24.2 Å². The Balaban J connectivity index is 2.33. The van der Waals surface area contributed by atoms with E-state index in [1.54, 1.807) is 0 Å². The summed E-state index contributed by atoms with van der Waals surface area (Å²) < 4.78 is 0. The Morgan fingerprint density at radius 2 is 2.19 bits per heavy atom. The minimum atomic E-state index is 0.574. The van der Waals surface area contributed by atoms with Crippen molar-refractivity contribution in [3.05, 3.63) is 24.0 Å². The van der Waals surface area contributed by atoms with Gasteiger partial charge in [-0.05, 0) is 18.1 Å². The van der Waals surface area contributed by atoms with Crippen molar-refractivity contribution in [2.75, 3.05) is 12.3 Å². The molecule has 1 rings (SSSR count). The second kappa shape index (κ2) is 7.69. The number of hydrogen-bond acceptors (Lipinski definition) is 3. The lowest BCUT2D eigenvalue weighted by molar-refractivity contribution is 0.616. The van der Waals surface area contributed by atoms with Crippen molar-refractivity contribution in [1.82, 2.24) is 10.3 Å². The van der Waals surface area contributed by atoms with Gasteiger partial charge in [-0.25, -0.2) is 0 Å². The predicted molar refractivity (Wildman–Crippen MR) is 72.1 cm³/mol. The summed E-state index contributed by atoms with van der Waals surface area (Å²) in [6, 6.07) is 2.83. The summed E-state index contributed by atoms with van der Waals surface area (Å²) in [6.07, 6.45) is 6.25. The van der Waals surface area contributed by atoms with Gasteiger partial charge in [0.15, 0.2) is 0 Å². The minimum absolute atomic E-state index is 0.574. The molecule has 0 amide bonds. The van der Waals surface area contributed by atoms with Crippen LogP contribution >= 0.6 is 11.8 Å². The van der Waals surface area contributed by atoms with Crippen molar-refractivity contribution in [2.24, 2.45) is 0 Å². The molecule has 1 aromatic rings. The third-order valence-corrected chi connectivity index (χ3v) is 3.20. The summed E-state index contributed by atoms with van der Waals surface area (Å²) in [6.45, 7) is 7.61. The lowest BCUT2D eigenvalue weighted by atomic mass is 10.2. The fraction of sp³-hybridized carbons (Fsp3) is 0.615. The molecule has 1 heterocycles. The molecular formula is C13H22N2S. The third-order valence-electron chi connectivity index (χ3n) is 2.23. The van der Waals surface area contributed by atoms with Crippen LogP contribution in [0.15, 0.2) is 23.4 Å². The van der Waals surface area contributed by atoms with Crippen LogP contribution in [0.4, 0.5) is 0 Å². The molecule has 0 bridgehead atoms. The van der Waals surface area contributed by atoms with Gasteiger partial charge in [-0.3, -0.25) is 4.98 Å². The van der Waals surface area contributed by atoms with E-state index in [9.17, 15) is 0 Å². The summed E-state index contributed by atoms with van der Waals surface area (Å²) in [5, 5.41) is 3.41. The number of rotatable bonds is 7. The van der Waals surface area contributed by atoms with Crippen LogP contribution in [0, 0.1) is 0 Å². The fourth-order valence-electron chi connectivity index (χ4n) is 1.48. The number of aryl methyl sites for hydroxylation is 1. The zero-order chi connectivity index (χ0) is 11.8. The van der Waals surface area contributed by atoms with E-state index in [0.717, 1.165) is 18.7 Å². The van der Waals surface area contributed by atoms with Crippen LogP contribution in [0.1, 0.15) is 32.8 Å². The van der Waals surface area contributed by atoms with E-state index in [-0.39, 0.29) is 0 Å². The number of hydrogen-bond donors (Lipinski definition) is 1. The largest absolute Gasteiger partial charge is 0.314 e. The van der Waals surface area contributed by atoms with Gasteiger partial charge in [0.05, 0.1) is 0 Å². The number of aromatic nitrogens is 1. The monoisotopic (exact) mass is 238 g/mol. The third kappa shape index (κ3) is 5.52. The minimum Gasteiger partial charge on any atom is -0.314 e. The Morgan fingerprint density at radius 1 is 1.38 bits per heavy atom. The topological polar surface area (TPSA) is 24.9 Å². The van der Waals surface area contributed by atoms with Crippen LogP contribution in [0.3, 0.4) is 0 Å². The molecule has 90 valence electrons. The van der Waals surface area contributed by atoms with E-state index in [0.29, 0.717) is 6.04 Å². The lowest BCUT2D eigenvalue weighted by Crippen LogP contribution is -2.24. The van der Waals surface area contributed by atoms with Crippen molar-refractivity contribution in [2.45, 2.75) is 44.6 Å². The maximum absolute atomic E-state index is 4.28. The highest BCUT2D eigenvalue weighted by molar-refractivity contribution is 7.99. The summed E-state index contributed by atoms with van der Waals surface area (Å²) in [5.74, 6) is 1.11. The Hall–Kier alpha value is -0.540. The Labute approximate surface area is 103 Å². The zero-order valence-electron chi connectivity index (χ0n) is 10.5. The quantitative estimate of drug-likeness (QED) is 0.583. The number of thioether (sulfide) groups is 1. The molecule has 0 aliphatic carbocycles. The molecule has 0 radical (unpaired) electrons. The Bertz CT molecular complexity index is 300. The molecule has 0 saturated carbocycles. The molecule has 1 N–H and O–H groups in total. The number of pyridine rings is 1. The zero-order valence-corrected chi connectivity index (χ0v) is 11.3. The molecule has 0 unspecified atom stereocenters. The molecule has 0 aliphatic rings. The van der Waals surface area contributed by atoms with Crippen molar-refractivity contribution >= 4 is 11.8 Å². The molecule has 0 aromatic carbocycles. The Morgan fingerprint density at radius 3 is 2.88 bits per heavy atom. The van der Waals surface area contributed by atoms with Crippen LogP contribution in [-0.4, -0.2) is 23.3 Å². The molecule has 16 heavy (non-hydrogen) atoms. The Kier molecular flexibility index (Phi) is 6.50. The highest BCUT2D eigenvalue weighted by Crippen LogP contribution is 2.17. The fourth-order valence-corrected chi connectivity index (χ4v) is 2.31. The van der Waals surface area contributed by atoms with E-state index < -0.39 is 0 Å². The highest BCUT2D eigenvalue weighted by atomic mass is 32.2. The van der Waals surface area contributed by atoms with Gasteiger partial charge in [0.1, 0.15) is 0 Å². The van der Waals surface area contributed by atoms with Gasteiger partial charge in [-0.2, -0.15) is 0 Å². The van der Waals surface area contributed by atoms with Gasteiger partial charge >= 0.3 is 0 Å². The first kappa shape index (κ1) is 13.5. The summed E-state index contributed by atoms with van der Waals surface area (Å²) in [5.41, 5.74) is 1.35. The second-order valence-corrected chi connectivity index (χ2v) is 5.40. The number of nitrogens with one attached hydrogen (secondary N) is 1. The highest BCUT2D eigenvalue weighted by Gasteiger charge is 1.98. The van der Waals surface area contributed by atoms with Gasteiger partial charge in [0, 0.05) is 35.6 Å². The van der Waals surface area contributed by atoms with Crippen molar-refractivity contribution in [3.8, 4) is 0 Å². The molecule has 0 spiro atoms. The van der Waals surface area contributed by atoms with E-state index >= 15 is 0 Å². The van der Waals surface area contributed by atoms with E-state index in [1.165, 1.54) is 16.9 Å². The van der Waals surface area contributed by atoms with Crippen molar-refractivity contribution < 1.29 is 0 Å². The molecule has 0 fully saturated rings. The average molecular weight is 238 g/mol. The van der Waals surface area contributed by atoms with Crippen LogP contribution in [0.25, 0.3) is 0 Å². The van der Waals surface area contributed by atoms with Gasteiger partial charge in [0.2, 0.25) is 0 Å². The molecule has 0 aliphatic heterocycles. The van der Waals surface area contributed by atoms with E-state index in [4.69, 9.17) is 0 Å². The average Bonchev–Trinajstić information content (AvgIpc) is 2.25. The molecule has 2 nitrogen and oxygen atoms in total. The van der Waals surface area contributed by atoms with Crippen LogP contribution in [0.2, 0.25) is 0 Å². The van der Waals surface area contributed by atoms with Crippen LogP contribution in [-0.2, 0) is 6.42 Å².